The van der Waals surface area contributed by atoms with Gasteiger partial charge in [-0.15, -0.1) is 0 Å². The zero-order valence-electron chi connectivity index (χ0n) is 8.45. The van der Waals surface area contributed by atoms with Crippen molar-refractivity contribution in [3.8, 4) is 5.75 Å². The van der Waals surface area contributed by atoms with E-state index in [1.165, 1.54) is 0 Å². The quantitative estimate of drug-likeness (QED) is 0.555. The summed E-state index contributed by atoms with van der Waals surface area (Å²) in [5.41, 5.74) is 6.25. The molecule has 0 aliphatic rings. The molecule has 3 N–H and O–H groups in total. The molecule has 0 heterocycles. The Bertz CT molecular complexity index is 323. The van der Waals surface area contributed by atoms with Gasteiger partial charge in [0.1, 0.15) is 18.2 Å². The average Bonchev–Trinajstić information content (AvgIpc) is 2.15. The van der Waals surface area contributed by atoms with Crippen molar-refractivity contribution in [1.82, 2.24) is 0 Å². The van der Waals surface area contributed by atoms with E-state index in [1.54, 1.807) is 0 Å². The van der Waals surface area contributed by atoms with Crippen molar-refractivity contribution in [2.24, 2.45) is 5.73 Å². The van der Waals surface area contributed by atoms with E-state index in [4.69, 9.17) is 15.9 Å². The molecular formula is C10H15N3O. The molecular weight excluding hydrogens is 178 g/mol. The number of ether oxygens (including phenoxy) is 1. The van der Waals surface area contributed by atoms with Crippen LogP contribution in [0.15, 0.2) is 24.3 Å². The highest BCUT2D eigenvalue weighted by Crippen LogP contribution is 2.18. The number of benzene rings is 1. The Morgan fingerprint density at radius 1 is 1.50 bits per heavy atom. The van der Waals surface area contributed by atoms with Gasteiger partial charge in [-0.25, -0.2) is 0 Å². The third kappa shape index (κ3) is 2.97. The smallest absolute Gasteiger partial charge is 0.145 e. The fourth-order valence-electron chi connectivity index (χ4n) is 1.01. The SMILES string of the molecule is CN(C)c1cccc(OCC(=N)N)c1. The molecule has 0 amide bonds. The van der Waals surface area contributed by atoms with Crippen LogP contribution in [0.5, 0.6) is 5.75 Å². The maximum atomic E-state index is 7.02. The number of anilines is 1. The standard InChI is InChI=1S/C10H15N3O/c1-13(2)8-4-3-5-9(6-8)14-7-10(11)12/h3-6H,7H2,1-2H3,(H3,11,12). The maximum Gasteiger partial charge on any atom is 0.145 e. The molecule has 0 aliphatic heterocycles. The first-order valence-electron chi connectivity index (χ1n) is 4.32. The van der Waals surface area contributed by atoms with Gasteiger partial charge >= 0.3 is 0 Å². The summed E-state index contributed by atoms with van der Waals surface area (Å²) in [5.74, 6) is 0.756. The minimum absolute atomic E-state index is 0.0280. The highest BCUT2D eigenvalue weighted by Gasteiger charge is 1.98. The van der Waals surface area contributed by atoms with Crippen LogP contribution in [0.1, 0.15) is 0 Å². The summed E-state index contributed by atoms with van der Waals surface area (Å²) in [5, 5.41) is 7.02. The number of nitrogens with zero attached hydrogens (tertiary/aromatic N) is 1. The molecule has 0 saturated heterocycles. The minimum Gasteiger partial charge on any atom is -0.486 e. The Morgan fingerprint density at radius 2 is 2.21 bits per heavy atom. The van der Waals surface area contributed by atoms with Crippen molar-refractivity contribution in [1.29, 1.82) is 5.41 Å². The van der Waals surface area contributed by atoms with Crippen LogP contribution in [0, 0.1) is 5.41 Å². The van der Waals surface area contributed by atoms with Gasteiger partial charge in [0.2, 0.25) is 0 Å². The molecule has 0 spiro atoms. The molecule has 0 radical (unpaired) electrons. The number of rotatable bonds is 4. The fraction of sp³-hybridized carbons (Fsp3) is 0.300. The second-order valence-electron chi connectivity index (χ2n) is 3.21. The Balaban J connectivity index is 2.68. The summed E-state index contributed by atoms with van der Waals surface area (Å²) < 4.78 is 5.28. The Kier molecular flexibility index (Phi) is 3.34. The first kappa shape index (κ1) is 10.4. The molecule has 0 aliphatic carbocycles. The summed E-state index contributed by atoms with van der Waals surface area (Å²) in [6.45, 7) is 0.136. The van der Waals surface area contributed by atoms with Gasteiger partial charge in [0.05, 0.1) is 0 Å². The third-order valence-electron chi connectivity index (χ3n) is 1.73. The lowest BCUT2D eigenvalue weighted by Gasteiger charge is -2.13. The molecule has 0 aromatic heterocycles. The summed E-state index contributed by atoms with van der Waals surface area (Å²) >= 11 is 0. The molecule has 0 bridgehead atoms. The second-order valence-corrected chi connectivity index (χ2v) is 3.21. The molecule has 14 heavy (non-hydrogen) atoms. The van der Waals surface area contributed by atoms with Crippen LogP contribution in [-0.4, -0.2) is 26.5 Å². The number of hydrogen-bond donors (Lipinski definition) is 2. The van der Waals surface area contributed by atoms with E-state index in [2.05, 4.69) is 0 Å². The summed E-state index contributed by atoms with van der Waals surface area (Å²) in [4.78, 5) is 1.99. The molecule has 4 heteroatoms. The number of nitrogens with one attached hydrogen (secondary N) is 1. The van der Waals surface area contributed by atoms with Crippen molar-refractivity contribution in [3.63, 3.8) is 0 Å². The normalized spacial score (nSPS) is 9.57. The van der Waals surface area contributed by atoms with Gasteiger partial charge in [-0.05, 0) is 12.1 Å². The van der Waals surface area contributed by atoms with Crippen LogP contribution in [0.4, 0.5) is 5.69 Å². The van der Waals surface area contributed by atoms with Gasteiger partial charge in [-0.2, -0.15) is 0 Å². The lowest BCUT2D eigenvalue weighted by Crippen LogP contribution is -2.19. The predicted octanol–water partition coefficient (Wildman–Crippen LogP) is 1.07. The molecule has 0 atom stereocenters. The van der Waals surface area contributed by atoms with Crippen LogP contribution in [-0.2, 0) is 0 Å². The van der Waals surface area contributed by atoms with Crippen LogP contribution >= 0.6 is 0 Å². The predicted molar refractivity (Wildman–Crippen MR) is 58.2 cm³/mol. The minimum atomic E-state index is 0.0280. The monoisotopic (exact) mass is 193 g/mol. The first-order chi connectivity index (χ1) is 6.59. The summed E-state index contributed by atoms with van der Waals surface area (Å²) in [7, 11) is 3.92. The average molecular weight is 193 g/mol. The van der Waals surface area contributed by atoms with Crippen molar-refractivity contribution in [2.45, 2.75) is 0 Å². The van der Waals surface area contributed by atoms with E-state index < -0.39 is 0 Å². The third-order valence-corrected chi connectivity index (χ3v) is 1.73. The van der Waals surface area contributed by atoms with Gasteiger partial charge in [0.15, 0.2) is 0 Å². The fourth-order valence-corrected chi connectivity index (χ4v) is 1.01. The van der Waals surface area contributed by atoms with E-state index >= 15 is 0 Å². The molecule has 0 fully saturated rings. The zero-order chi connectivity index (χ0) is 10.6. The number of hydrogen-bond acceptors (Lipinski definition) is 3. The zero-order valence-corrected chi connectivity index (χ0v) is 8.45. The first-order valence-corrected chi connectivity index (χ1v) is 4.32. The molecule has 0 saturated carbocycles. The number of amidine groups is 1. The highest BCUT2D eigenvalue weighted by atomic mass is 16.5. The van der Waals surface area contributed by atoms with E-state index in [9.17, 15) is 0 Å². The van der Waals surface area contributed by atoms with E-state index in [-0.39, 0.29) is 12.4 Å². The van der Waals surface area contributed by atoms with Crippen molar-refractivity contribution in [3.05, 3.63) is 24.3 Å². The van der Waals surface area contributed by atoms with Gasteiger partial charge < -0.3 is 15.4 Å². The summed E-state index contributed by atoms with van der Waals surface area (Å²) in [6.07, 6.45) is 0. The topological polar surface area (TPSA) is 62.3 Å². The largest absolute Gasteiger partial charge is 0.486 e. The lowest BCUT2D eigenvalue weighted by atomic mass is 10.3. The number of nitrogens with two attached hydrogens (primary N) is 1. The highest BCUT2D eigenvalue weighted by molar-refractivity contribution is 5.78. The Morgan fingerprint density at radius 3 is 2.79 bits per heavy atom. The van der Waals surface area contributed by atoms with E-state index in [0.29, 0.717) is 0 Å². The van der Waals surface area contributed by atoms with Crippen LogP contribution in [0.25, 0.3) is 0 Å². The van der Waals surface area contributed by atoms with Crippen LogP contribution in [0.2, 0.25) is 0 Å². The van der Waals surface area contributed by atoms with Crippen molar-refractivity contribution in [2.75, 3.05) is 25.6 Å². The van der Waals surface area contributed by atoms with Crippen LogP contribution in [0.3, 0.4) is 0 Å². The van der Waals surface area contributed by atoms with E-state index in [1.807, 2.05) is 43.3 Å². The van der Waals surface area contributed by atoms with Gasteiger partial charge in [0, 0.05) is 25.8 Å². The maximum absolute atomic E-state index is 7.02. The molecule has 4 nitrogen and oxygen atoms in total. The van der Waals surface area contributed by atoms with Crippen molar-refractivity contribution >= 4 is 11.5 Å². The lowest BCUT2D eigenvalue weighted by molar-refractivity contribution is 0.374. The van der Waals surface area contributed by atoms with Gasteiger partial charge in [0.25, 0.3) is 0 Å². The Labute approximate surface area is 83.8 Å². The molecule has 76 valence electrons. The van der Waals surface area contributed by atoms with E-state index in [0.717, 1.165) is 11.4 Å². The summed E-state index contributed by atoms with van der Waals surface area (Å²) in [6, 6.07) is 7.64. The molecule has 1 rings (SSSR count). The van der Waals surface area contributed by atoms with Gasteiger partial charge in [-0.3, -0.25) is 5.41 Å². The molecule has 0 unspecified atom stereocenters. The Hall–Kier alpha value is -1.71. The second kappa shape index (κ2) is 4.50. The van der Waals surface area contributed by atoms with Crippen molar-refractivity contribution < 1.29 is 4.74 Å². The van der Waals surface area contributed by atoms with Crippen LogP contribution < -0.4 is 15.4 Å². The molecule has 1 aromatic rings. The molecule has 1 aromatic carbocycles. The van der Waals surface area contributed by atoms with Gasteiger partial charge in [-0.1, -0.05) is 6.07 Å².